The number of nitrogens with zero attached hydrogens (tertiary/aromatic N) is 3. The Morgan fingerprint density at radius 1 is 1.50 bits per heavy atom. The predicted molar refractivity (Wildman–Crippen MR) is 80.4 cm³/mol. The highest BCUT2D eigenvalue weighted by atomic mass is 16.6. The van der Waals surface area contributed by atoms with E-state index in [0.717, 1.165) is 0 Å². The Morgan fingerprint density at radius 2 is 2.23 bits per heavy atom. The molecular weight excluding hydrogens is 288 g/mol. The first-order valence-electron chi connectivity index (χ1n) is 7.07. The molecule has 2 rings (SSSR count). The molecule has 1 atom stereocenters. The highest BCUT2D eigenvalue weighted by Crippen LogP contribution is 2.16. The fourth-order valence-electron chi connectivity index (χ4n) is 2.11. The van der Waals surface area contributed by atoms with Crippen LogP contribution in [-0.4, -0.2) is 47.3 Å². The van der Waals surface area contributed by atoms with E-state index in [4.69, 9.17) is 4.74 Å². The molecule has 1 aliphatic rings. The molecule has 1 aliphatic heterocycles. The molecule has 22 heavy (non-hydrogen) atoms. The summed E-state index contributed by atoms with van der Waals surface area (Å²) in [5.41, 5.74) is -0.202. The van der Waals surface area contributed by atoms with E-state index in [9.17, 15) is 14.9 Å². The van der Waals surface area contributed by atoms with Crippen LogP contribution in [0.15, 0.2) is 18.3 Å². The van der Waals surface area contributed by atoms with Gasteiger partial charge in [-0.2, -0.15) is 0 Å². The molecule has 1 saturated heterocycles. The third kappa shape index (κ3) is 4.14. The van der Waals surface area contributed by atoms with Gasteiger partial charge in [0.05, 0.1) is 5.56 Å². The zero-order chi connectivity index (χ0) is 16.3. The number of ether oxygens (including phenoxy) is 1. The number of pyridine rings is 1. The minimum atomic E-state index is -0.805. The van der Waals surface area contributed by atoms with Crippen LogP contribution in [0.5, 0.6) is 0 Å². The first kappa shape index (κ1) is 16.2. The van der Waals surface area contributed by atoms with Crippen molar-refractivity contribution >= 4 is 11.8 Å². The van der Waals surface area contributed by atoms with Crippen LogP contribution < -0.4 is 10.2 Å². The summed E-state index contributed by atoms with van der Waals surface area (Å²) in [5, 5.41) is 13.7. The van der Waals surface area contributed by atoms with Gasteiger partial charge in [0.1, 0.15) is 18.0 Å². The summed E-state index contributed by atoms with van der Waals surface area (Å²) in [5.74, 6) is 0.177. The van der Waals surface area contributed by atoms with Crippen LogP contribution in [0.3, 0.4) is 0 Å². The maximum atomic E-state index is 11.9. The van der Waals surface area contributed by atoms with Crippen molar-refractivity contribution < 1.29 is 14.5 Å². The average molecular weight is 308 g/mol. The molecule has 0 saturated carbocycles. The van der Waals surface area contributed by atoms with Crippen molar-refractivity contribution in [2.45, 2.75) is 32.5 Å². The van der Waals surface area contributed by atoms with Crippen LogP contribution in [0, 0.1) is 10.1 Å². The van der Waals surface area contributed by atoms with Crippen LogP contribution in [0.4, 0.5) is 5.82 Å². The quantitative estimate of drug-likeness (QED) is 0.506. The van der Waals surface area contributed by atoms with E-state index in [-0.39, 0.29) is 11.5 Å². The van der Waals surface area contributed by atoms with E-state index in [1.54, 1.807) is 32.9 Å². The molecule has 0 aromatic carbocycles. The molecule has 2 heterocycles. The Hall–Kier alpha value is -2.22. The minimum absolute atomic E-state index is 0.242. The van der Waals surface area contributed by atoms with Gasteiger partial charge in [0, 0.05) is 24.2 Å². The molecule has 1 unspecified atom stereocenters. The first-order chi connectivity index (χ1) is 10.3. The number of aromatic nitrogens is 1. The van der Waals surface area contributed by atoms with E-state index in [1.807, 2.05) is 4.90 Å². The van der Waals surface area contributed by atoms with Gasteiger partial charge in [-0.1, -0.05) is 0 Å². The second-order valence-electron chi connectivity index (χ2n) is 6.11. The lowest BCUT2D eigenvalue weighted by Crippen LogP contribution is -2.54. The molecule has 0 amide bonds. The fourth-order valence-corrected chi connectivity index (χ4v) is 2.11. The maximum absolute atomic E-state index is 11.9. The Morgan fingerprint density at radius 3 is 2.77 bits per heavy atom. The lowest BCUT2D eigenvalue weighted by Gasteiger charge is -2.30. The standard InChI is InChI=1S/C14H20N4O4/c1-14(2,3)22-13(19)10-4-5-11(16-8-10)17-7-6-15-12(9-17)18(20)21/h4-5,8,12,15H,6-7,9H2,1-3H3. The average Bonchev–Trinajstić information content (AvgIpc) is 2.46. The van der Waals surface area contributed by atoms with Crippen LogP contribution in [-0.2, 0) is 4.74 Å². The summed E-state index contributed by atoms with van der Waals surface area (Å²) in [7, 11) is 0. The Balaban J connectivity index is 2.05. The van der Waals surface area contributed by atoms with Crippen molar-refractivity contribution in [1.29, 1.82) is 0 Å². The number of hydrogen-bond donors (Lipinski definition) is 1. The van der Waals surface area contributed by atoms with Crippen molar-refractivity contribution in [3.63, 3.8) is 0 Å². The van der Waals surface area contributed by atoms with Crippen LogP contribution in [0.25, 0.3) is 0 Å². The van der Waals surface area contributed by atoms with Crippen LogP contribution in [0.2, 0.25) is 0 Å². The van der Waals surface area contributed by atoms with E-state index in [2.05, 4.69) is 10.3 Å². The molecule has 1 fully saturated rings. The molecule has 8 heteroatoms. The number of piperazine rings is 1. The van der Waals surface area contributed by atoms with Gasteiger partial charge >= 0.3 is 5.97 Å². The summed E-state index contributed by atoms with van der Waals surface area (Å²) in [6.07, 6.45) is 0.633. The Bertz CT molecular complexity index is 553. The fraction of sp³-hybridized carbons (Fsp3) is 0.571. The number of hydrogen-bond acceptors (Lipinski definition) is 7. The lowest BCUT2D eigenvalue weighted by molar-refractivity contribution is -0.527. The predicted octanol–water partition coefficient (Wildman–Crippen LogP) is 1.05. The largest absolute Gasteiger partial charge is 0.456 e. The number of rotatable bonds is 3. The molecule has 0 radical (unpaired) electrons. The molecule has 0 spiro atoms. The van der Waals surface area contributed by atoms with Gasteiger partial charge in [0.2, 0.25) is 0 Å². The maximum Gasteiger partial charge on any atom is 0.340 e. The van der Waals surface area contributed by atoms with E-state index in [1.165, 1.54) is 6.20 Å². The van der Waals surface area contributed by atoms with Crippen molar-refractivity contribution in [3.8, 4) is 0 Å². The van der Waals surface area contributed by atoms with Gasteiger partial charge in [-0.25, -0.2) is 9.78 Å². The summed E-state index contributed by atoms with van der Waals surface area (Å²) in [4.78, 5) is 28.5. The third-order valence-corrected chi connectivity index (χ3v) is 3.12. The first-order valence-corrected chi connectivity index (χ1v) is 7.07. The lowest BCUT2D eigenvalue weighted by atomic mass is 10.2. The minimum Gasteiger partial charge on any atom is -0.456 e. The van der Waals surface area contributed by atoms with Gasteiger partial charge < -0.3 is 9.64 Å². The monoisotopic (exact) mass is 308 g/mol. The Kier molecular flexibility index (Phi) is 4.60. The number of carbonyl (C=O) groups is 1. The number of carbonyl (C=O) groups excluding carboxylic acids is 1. The molecule has 1 aromatic heterocycles. The Labute approximate surface area is 128 Å². The zero-order valence-corrected chi connectivity index (χ0v) is 12.9. The normalized spacial score (nSPS) is 18.9. The SMILES string of the molecule is CC(C)(C)OC(=O)c1ccc(N2CCNC([N+](=O)[O-])C2)nc1. The molecule has 120 valence electrons. The molecule has 0 bridgehead atoms. The molecule has 8 nitrogen and oxygen atoms in total. The summed E-state index contributed by atoms with van der Waals surface area (Å²) in [6.45, 7) is 6.78. The van der Waals surface area contributed by atoms with Crippen molar-refractivity contribution in [3.05, 3.63) is 34.0 Å². The second-order valence-corrected chi connectivity index (χ2v) is 6.11. The zero-order valence-electron chi connectivity index (χ0n) is 12.9. The molecule has 0 aliphatic carbocycles. The van der Waals surface area contributed by atoms with Gasteiger partial charge in [0.15, 0.2) is 0 Å². The highest BCUT2D eigenvalue weighted by molar-refractivity contribution is 5.89. The number of anilines is 1. The second kappa shape index (κ2) is 6.27. The smallest absolute Gasteiger partial charge is 0.340 e. The summed E-state index contributed by atoms with van der Waals surface area (Å²) < 4.78 is 5.27. The van der Waals surface area contributed by atoms with Gasteiger partial charge in [-0.05, 0) is 32.9 Å². The molecular formula is C14H20N4O4. The van der Waals surface area contributed by atoms with Crippen LogP contribution >= 0.6 is 0 Å². The van der Waals surface area contributed by atoms with Crippen molar-refractivity contribution in [2.24, 2.45) is 0 Å². The van der Waals surface area contributed by atoms with Crippen molar-refractivity contribution in [2.75, 3.05) is 24.5 Å². The van der Waals surface area contributed by atoms with Gasteiger partial charge in [0.25, 0.3) is 6.17 Å². The summed E-state index contributed by atoms with van der Waals surface area (Å²) in [6, 6.07) is 3.31. The van der Waals surface area contributed by atoms with E-state index in [0.29, 0.717) is 24.5 Å². The molecule has 1 N–H and O–H groups in total. The van der Waals surface area contributed by atoms with Crippen molar-refractivity contribution in [1.82, 2.24) is 10.3 Å². The number of nitrogens with one attached hydrogen (secondary N) is 1. The third-order valence-electron chi connectivity index (χ3n) is 3.12. The topological polar surface area (TPSA) is 97.6 Å². The number of esters is 1. The highest BCUT2D eigenvalue weighted by Gasteiger charge is 2.28. The van der Waals surface area contributed by atoms with Gasteiger partial charge in [-0.3, -0.25) is 15.4 Å². The number of nitro groups is 1. The van der Waals surface area contributed by atoms with E-state index >= 15 is 0 Å². The van der Waals surface area contributed by atoms with E-state index < -0.39 is 17.7 Å². The summed E-state index contributed by atoms with van der Waals surface area (Å²) >= 11 is 0. The molecule has 1 aromatic rings. The van der Waals surface area contributed by atoms with Gasteiger partial charge in [-0.15, -0.1) is 0 Å². The van der Waals surface area contributed by atoms with Crippen LogP contribution in [0.1, 0.15) is 31.1 Å².